The molecule has 0 saturated heterocycles. The number of amides is 1. The molecule has 2 rings (SSSR count). The third kappa shape index (κ3) is 6.50. The van der Waals surface area contributed by atoms with Gasteiger partial charge in [-0.15, -0.1) is 0 Å². The van der Waals surface area contributed by atoms with Gasteiger partial charge in [0, 0.05) is 17.8 Å². The van der Waals surface area contributed by atoms with Crippen LogP contribution < -0.4 is 9.64 Å². The number of rotatable bonds is 8. The number of nitrogens with zero attached hydrogens (tertiary/aromatic N) is 1. The van der Waals surface area contributed by atoms with Gasteiger partial charge in [0.05, 0.1) is 0 Å². The summed E-state index contributed by atoms with van der Waals surface area (Å²) in [7, 11) is 0. The van der Waals surface area contributed by atoms with Crippen LogP contribution in [0.4, 0.5) is 14.5 Å². The number of ether oxygens (including phenoxy) is 2. The number of hydrogen-bond donors (Lipinski definition) is 0. The summed E-state index contributed by atoms with van der Waals surface area (Å²) in [6.07, 6.45) is 2.62. The Morgan fingerprint density at radius 3 is 2.25 bits per heavy atom. The van der Waals surface area contributed by atoms with Crippen LogP contribution in [0.2, 0.25) is 0 Å². The summed E-state index contributed by atoms with van der Waals surface area (Å²) in [5, 5.41) is 0. The zero-order valence-corrected chi connectivity index (χ0v) is 15.5. The first-order valence-corrected chi connectivity index (χ1v) is 8.63. The molecular formula is C21H21F2NO4. The lowest BCUT2D eigenvalue weighted by Crippen LogP contribution is -2.39. The second kappa shape index (κ2) is 10.2. The van der Waals surface area contributed by atoms with Crippen molar-refractivity contribution >= 4 is 23.6 Å². The maximum atomic E-state index is 12.4. The number of halogens is 2. The van der Waals surface area contributed by atoms with E-state index in [2.05, 4.69) is 4.74 Å². The molecule has 0 bridgehead atoms. The van der Waals surface area contributed by atoms with Gasteiger partial charge in [-0.3, -0.25) is 4.79 Å². The molecule has 0 N–H and O–H groups in total. The van der Waals surface area contributed by atoms with Crippen LogP contribution in [0, 0.1) is 0 Å². The van der Waals surface area contributed by atoms with Crippen molar-refractivity contribution in [1.82, 2.24) is 0 Å². The molecule has 148 valence electrons. The largest absolute Gasteiger partial charge is 0.452 e. The predicted octanol–water partition coefficient (Wildman–Crippen LogP) is 4.29. The molecule has 0 heterocycles. The second-order valence-corrected chi connectivity index (χ2v) is 6.08. The number of anilines is 1. The molecule has 1 amide bonds. The van der Waals surface area contributed by atoms with E-state index in [4.69, 9.17) is 4.74 Å². The minimum atomic E-state index is -2.89. The lowest BCUT2D eigenvalue weighted by atomic mass is 10.2. The third-order valence-corrected chi connectivity index (χ3v) is 3.67. The first-order valence-electron chi connectivity index (χ1n) is 8.63. The van der Waals surface area contributed by atoms with Gasteiger partial charge in [0.2, 0.25) is 0 Å². The molecule has 0 unspecified atom stereocenters. The molecule has 0 radical (unpaired) electrons. The summed E-state index contributed by atoms with van der Waals surface area (Å²) >= 11 is 0. The number of esters is 1. The minimum absolute atomic E-state index is 0.0232. The zero-order chi connectivity index (χ0) is 20.5. The van der Waals surface area contributed by atoms with E-state index < -0.39 is 19.2 Å². The van der Waals surface area contributed by atoms with Gasteiger partial charge in [0.25, 0.3) is 5.91 Å². The highest BCUT2D eigenvalue weighted by Crippen LogP contribution is 2.17. The van der Waals surface area contributed by atoms with E-state index in [0.717, 1.165) is 5.69 Å². The Balaban J connectivity index is 1.90. The van der Waals surface area contributed by atoms with E-state index in [0.29, 0.717) is 5.56 Å². The monoisotopic (exact) mass is 389 g/mol. The predicted molar refractivity (Wildman–Crippen MR) is 102 cm³/mol. The van der Waals surface area contributed by atoms with Gasteiger partial charge in [-0.05, 0) is 49.8 Å². The maximum absolute atomic E-state index is 12.4. The Morgan fingerprint density at radius 2 is 1.68 bits per heavy atom. The first-order chi connectivity index (χ1) is 13.4. The normalized spacial score (nSPS) is 11.1. The fourth-order valence-electron chi connectivity index (χ4n) is 2.49. The number of carbonyl (C=O) groups excluding carboxylic acids is 2. The van der Waals surface area contributed by atoms with Crippen LogP contribution in [0.25, 0.3) is 6.08 Å². The molecule has 7 heteroatoms. The molecule has 0 spiro atoms. The Bertz CT molecular complexity index is 805. The highest BCUT2D eigenvalue weighted by molar-refractivity contribution is 5.96. The molecular weight excluding hydrogens is 368 g/mol. The molecule has 0 fully saturated rings. The summed E-state index contributed by atoms with van der Waals surface area (Å²) in [6, 6.07) is 14.8. The van der Waals surface area contributed by atoms with Crippen molar-refractivity contribution in [3.05, 3.63) is 66.2 Å². The molecule has 0 saturated carbocycles. The van der Waals surface area contributed by atoms with Gasteiger partial charge in [0.15, 0.2) is 6.61 Å². The standard InChI is InChI=1S/C21H21F2NO4/c1-15(2)24(17-6-4-3-5-7-17)19(25)14-27-20(26)13-10-16-8-11-18(12-9-16)28-21(22)23/h3-13,15,21H,14H2,1-2H3/b13-10+. The quantitative estimate of drug-likeness (QED) is 0.499. The van der Waals surface area contributed by atoms with Gasteiger partial charge in [0.1, 0.15) is 5.75 Å². The molecule has 0 aliphatic carbocycles. The van der Waals surface area contributed by atoms with Crippen LogP contribution in [0.1, 0.15) is 19.4 Å². The molecule has 2 aromatic rings. The fourth-order valence-corrected chi connectivity index (χ4v) is 2.49. The van der Waals surface area contributed by atoms with Crippen molar-refractivity contribution < 1.29 is 27.8 Å². The van der Waals surface area contributed by atoms with Crippen LogP contribution in [0.5, 0.6) is 5.75 Å². The van der Waals surface area contributed by atoms with E-state index in [1.807, 2.05) is 32.0 Å². The Kier molecular flexibility index (Phi) is 7.68. The van der Waals surface area contributed by atoms with Crippen molar-refractivity contribution in [2.24, 2.45) is 0 Å². The highest BCUT2D eigenvalue weighted by Gasteiger charge is 2.19. The van der Waals surface area contributed by atoms with Gasteiger partial charge in [-0.1, -0.05) is 30.3 Å². The number of benzene rings is 2. The minimum Gasteiger partial charge on any atom is -0.452 e. The number of para-hydroxylation sites is 1. The van der Waals surface area contributed by atoms with Crippen molar-refractivity contribution in [3.63, 3.8) is 0 Å². The first kappa shape index (κ1) is 21.1. The van der Waals surface area contributed by atoms with Crippen molar-refractivity contribution in [2.45, 2.75) is 26.5 Å². The van der Waals surface area contributed by atoms with Gasteiger partial charge >= 0.3 is 12.6 Å². The van der Waals surface area contributed by atoms with E-state index in [1.165, 1.54) is 36.4 Å². The molecule has 2 aromatic carbocycles. The zero-order valence-electron chi connectivity index (χ0n) is 15.5. The van der Waals surface area contributed by atoms with Crippen molar-refractivity contribution in [1.29, 1.82) is 0 Å². The topological polar surface area (TPSA) is 55.8 Å². The van der Waals surface area contributed by atoms with E-state index in [1.54, 1.807) is 17.0 Å². The summed E-state index contributed by atoms with van der Waals surface area (Å²) in [5.41, 5.74) is 1.32. The Hall–Kier alpha value is -3.22. The fraction of sp³-hybridized carbons (Fsp3) is 0.238. The average Bonchev–Trinajstić information content (AvgIpc) is 2.66. The van der Waals surface area contributed by atoms with Crippen LogP contribution >= 0.6 is 0 Å². The smallest absolute Gasteiger partial charge is 0.387 e. The van der Waals surface area contributed by atoms with Gasteiger partial charge < -0.3 is 14.4 Å². The number of alkyl halides is 2. The SMILES string of the molecule is CC(C)N(C(=O)COC(=O)/C=C/c1ccc(OC(F)F)cc1)c1ccccc1. The molecule has 28 heavy (non-hydrogen) atoms. The highest BCUT2D eigenvalue weighted by atomic mass is 19.3. The molecule has 0 atom stereocenters. The maximum Gasteiger partial charge on any atom is 0.387 e. The lowest BCUT2D eigenvalue weighted by Gasteiger charge is -2.26. The number of hydrogen-bond acceptors (Lipinski definition) is 4. The van der Waals surface area contributed by atoms with Gasteiger partial charge in [-0.25, -0.2) is 4.79 Å². The number of carbonyl (C=O) groups is 2. The van der Waals surface area contributed by atoms with E-state index in [9.17, 15) is 18.4 Å². The third-order valence-electron chi connectivity index (χ3n) is 3.67. The van der Waals surface area contributed by atoms with Crippen LogP contribution in [-0.4, -0.2) is 31.1 Å². The van der Waals surface area contributed by atoms with Gasteiger partial charge in [-0.2, -0.15) is 8.78 Å². The van der Waals surface area contributed by atoms with Crippen molar-refractivity contribution in [2.75, 3.05) is 11.5 Å². The summed E-state index contributed by atoms with van der Waals surface area (Å²) in [4.78, 5) is 25.9. The average molecular weight is 389 g/mol. The van der Waals surface area contributed by atoms with E-state index >= 15 is 0 Å². The van der Waals surface area contributed by atoms with Crippen LogP contribution in [-0.2, 0) is 14.3 Å². The Labute approximate surface area is 162 Å². The van der Waals surface area contributed by atoms with E-state index in [-0.39, 0.29) is 17.7 Å². The molecule has 0 aliphatic rings. The molecule has 0 aromatic heterocycles. The molecule has 0 aliphatic heterocycles. The van der Waals surface area contributed by atoms with Crippen LogP contribution in [0.3, 0.4) is 0 Å². The summed E-state index contributed by atoms with van der Waals surface area (Å²) in [5.74, 6) is -0.996. The second-order valence-electron chi connectivity index (χ2n) is 6.08. The van der Waals surface area contributed by atoms with Crippen molar-refractivity contribution in [3.8, 4) is 5.75 Å². The molecule has 5 nitrogen and oxygen atoms in total. The Morgan fingerprint density at radius 1 is 1.04 bits per heavy atom. The summed E-state index contributed by atoms with van der Waals surface area (Å²) < 4.78 is 33.5. The van der Waals surface area contributed by atoms with Crippen LogP contribution in [0.15, 0.2) is 60.7 Å². The summed E-state index contributed by atoms with van der Waals surface area (Å²) in [6.45, 7) is 0.453. The lowest BCUT2D eigenvalue weighted by molar-refractivity contribution is -0.143.